The van der Waals surface area contributed by atoms with Crippen molar-refractivity contribution in [2.45, 2.75) is 26.2 Å². The second-order valence-corrected chi connectivity index (χ2v) is 7.52. The molecule has 2 N–H and O–H groups in total. The highest BCUT2D eigenvalue weighted by molar-refractivity contribution is 7.16. The van der Waals surface area contributed by atoms with Gasteiger partial charge in [0.2, 0.25) is 11.8 Å². The van der Waals surface area contributed by atoms with E-state index in [9.17, 15) is 9.59 Å². The Morgan fingerprint density at radius 1 is 1.23 bits per heavy atom. The van der Waals surface area contributed by atoms with Crippen LogP contribution in [0.2, 0.25) is 0 Å². The third kappa shape index (κ3) is 6.54. The molecule has 6 nitrogen and oxygen atoms in total. The maximum absolute atomic E-state index is 12.2. The fourth-order valence-electron chi connectivity index (χ4n) is 2.64. The summed E-state index contributed by atoms with van der Waals surface area (Å²) >= 11 is 1.33. The van der Waals surface area contributed by atoms with Crippen LogP contribution < -0.4 is 10.6 Å². The first-order valence-electron chi connectivity index (χ1n) is 9.62. The number of nitrogens with one attached hydrogen (secondary N) is 2. The molecule has 0 aliphatic heterocycles. The maximum atomic E-state index is 12.2. The molecule has 0 fully saturated rings. The Labute approximate surface area is 179 Å². The minimum Gasteiger partial charge on any atom is -0.352 e. The number of carbonyl (C=O) groups excluding carboxylic acids is 2. The molecular weight excluding hydrogens is 396 g/mol. The minimum atomic E-state index is -0.203. The third-order valence-electron chi connectivity index (χ3n) is 4.19. The first kappa shape index (κ1) is 21.2. The number of thiazole rings is 1. The van der Waals surface area contributed by atoms with Crippen molar-refractivity contribution in [2.75, 3.05) is 11.9 Å². The Kier molecular flexibility index (Phi) is 7.70. The highest BCUT2D eigenvalue weighted by Gasteiger charge is 2.11. The number of anilines is 1. The summed E-state index contributed by atoms with van der Waals surface area (Å²) in [4.78, 5) is 33.6. The van der Waals surface area contributed by atoms with Crippen LogP contribution in [0, 0.1) is 18.8 Å². The summed E-state index contributed by atoms with van der Waals surface area (Å²) in [5.74, 6) is 5.76. The zero-order valence-electron chi connectivity index (χ0n) is 16.6. The summed E-state index contributed by atoms with van der Waals surface area (Å²) in [6.45, 7) is 2.12. The molecule has 2 heterocycles. The smallest absolute Gasteiger partial charge is 0.247 e. The molecule has 3 rings (SSSR count). The van der Waals surface area contributed by atoms with Crippen molar-refractivity contribution in [3.05, 3.63) is 76.6 Å². The summed E-state index contributed by atoms with van der Waals surface area (Å²) in [6.07, 6.45) is 14.6. The molecule has 0 saturated carbocycles. The van der Waals surface area contributed by atoms with Crippen molar-refractivity contribution in [2.24, 2.45) is 0 Å². The lowest BCUT2D eigenvalue weighted by Gasteiger charge is -2.08. The molecule has 0 saturated heterocycles. The average Bonchev–Trinajstić information content (AvgIpc) is 3.05. The molecule has 0 unspecified atom stereocenters. The lowest BCUT2D eigenvalue weighted by Crippen LogP contribution is -2.28. The molecule has 7 heteroatoms. The van der Waals surface area contributed by atoms with Crippen LogP contribution >= 0.6 is 11.3 Å². The predicted molar refractivity (Wildman–Crippen MR) is 119 cm³/mol. The van der Waals surface area contributed by atoms with Gasteiger partial charge in [0.05, 0.1) is 5.69 Å². The average molecular weight is 419 g/mol. The second-order valence-electron chi connectivity index (χ2n) is 6.52. The van der Waals surface area contributed by atoms with Crippen molar-refractivity contribution in [3.63, 3.8) is 0 Å². The molecule has 2 amide bonds. The molecule has 1 aliphatic rings. The van der Waals surface area contributed by atoms with Gasteiger partial charge in [-0.3, -0.25) is 14.6 Å². The summed E-state index contributed by atoms with van der Waals surface area (Å²) in [6, 6.07) is 3.71. The molecule has 30 heavy (non-hydrogen) atoms. The van der Waals surface area contributed by atoms with E-state index in [-0.39, 0.29) is 24.8 Å². The lowest BCUT2D eigenvalue weighted by molar-refractivity contribution is -0.118. The Balaban J connectivity index is 1.48. The van der Waals surface area contributed by atoms with Crippen LogP contribution in [0.5, 0.6) is 0 Å². The van der Waals surface area contributed by atoms with E-state index in [4.69, 9.17) is 0 Å². The highest BCUT2D eigenvalue weighted by atomic mass is 32.1. The van der Waals surface area contributed by atoms with Crippen LogP contribution in [0.4, 0.5) is 5.13 Å². The van der Waals surface area contributed by atoms with Gasteiger partial charge in [-0.15, -0.1) is 0 Å². The van der Waals surface area contributed by atoms with Gasteiger partial charge in [-0.05, 0) is 37.8 Å². The SMILES string of the molecule is Cc1nc(NC(=O)CCNC(=O)/C2=C/C=C\C=C/CC2)sc1C#Cc1cccnc1. The Bertz CT molecular complexity index is 1060. The van der Waals surface area contributed by atoms with Gasteiger partial charge in [-0.2, -0.15) is 0 Å². The molecule has 0 bridgehead atoms. The Morgan fingerprint density at radius 2 is 2.13 bits per heavy atom. The number of amides is 2. The number of pyridine rings is 1. The van der Waals surface area contributed by atoms with E-state index in [1.165, 1.54) is 11.3 Å². The van der Waals surface area contributed by atoms with Crippen LogP contribution in [-0.4, -0.2) is 28.3 Å². The van der Waals surface area contributed by atoms with Gasteiger partial charge in [-0.25, -0.2) is 4.98 Å². The van der Waals surface area contributed by atoms with E-state index in [1.807, 2.05) is 49.4 Å². The van der Waals surface area contributed by atoms with Gasteiger partial charge >= 0.3 is 0 Å². The van der Waals surface area contributed by atoms with Crippen molar-refractivity contribution in [1.29, 1.82) is 0 Å². The lowest BCUT2D eigenvalue weighted by atomic mass is 10.1. The van der Waals surface area contributed by atoms with Gasteiger partial charge in [0, 0.05) is 36.5 Å². The molecule has 0 spiro atoms. The van der Waals surface area contributed by atoms with E-state index in [2.05, 4.69) is 32.4 Å². The normalized spacial score (nSPS) is 16.6. The van der Waals surface area contributed by atoms with Gasteiger partial charge in [0.15, 0.2) is 5.13 Å². The maximum Gasteiger partial charge on any atom is 0.247 e. The van der Waals surface area contributed by atoms with E-state index in [0.29, 0.717) is 17.1 Å². The van der Waals surface area contributed by atoms with Crippen molar-refractivity contribution in [1.82, 2.24) is 15.3 Å². The van der Waals surface area contributed by atoms with Crippen molar-refractivity contribution in [3.8, 4) is 11.8 Å². The number of nitrogens with zero attached hydrogens (tertiary/aromatic N) is 2. The van der Waals surface area contributed by atoms with E-state index in [1.54, 1.807) is 12.4 Å². The van der Waals surface area contributed by atoms with Crippen LogP contribution in [0.25, 0.3) is 0 Å². The molecule has 152 valence electrons. The molecule has 0 atom stereocenters. The fourth-order valence-corrected chi connectivity index (χ4v) is 3.47. The molecule has 1 aliphatic carbocycles. The number of allylic oxidation sites excluding steroid dienone is 5. The van der Waals surface area contributed by atoms with Crippen molar-refractivity contribution < 1.29 is 9.59 Å². The second kappa shape index (κ2) is 10.9. The highest BCUT2D eigenvalue weighted by Crippen LogP contribution is 2.21. The number of rotatable bonds is 5. The number of hydrogen-bond donors (Lipinski definition) is 2. The molecule has 2 aromatic heterocycles. The summed E-state index contributed by atoms with van der Waals surface area (Å²) in [5, 5.41) is 6.08. The van der Waals surface area contributed by atoms with Gasteiger partial charge in [-0.1, -0.05) is 47.6 Å². The standard InChI is InChI=1S/C23H22N4O2S/c1-17-20(12-11-18-8-7-14-24-16-18)30-23(26-17)27-21(28)13-15-25-22(29)19-9-5-3-2-4-6-10-19/h2-5,7-9,14,16H,6,10,13,15H2,1H3,(H,25,29)(H,26,27,28)/b4-2-,5-3-,19-9+. The fraction of sp³-hybridized carbons (Fsp3) is 0.217. The minimum absolute atomic E-state index is 0.138. The van der Waals surface area contributed by atoms with Crippen molar-refractivity contribution >= 4 is 28.3 Å². The van der Waals surface area contributed by atoms with E-state index >= 15 is 0 Å². The summed E-state index contributed by atoms with van der Waals surface area (Å²) in [7, 11) is 0. The molecular formula is C23H22N4O2S. The summed E-state index contributed by atoms with van der Waals surface area (Å²) < 4.78 is 0. The predicted octanol–water partition coefficient (Wildman–Crippen LogP) is 3.52. The molecule has 2 aromatic rings. The monoisotopic (exact) mass is 418 g/mol. The van der Waals surface area contributed by atoms with Crippen LogP contribution in [-0.2, 0) is 9.59 Å². The van der Waals surface area contributed by atoms with Gasteiger partial charge in [0.25, 0.3) is 0 Å². The van der Waals surface area contributed by atoms with Crippen LogP contribution in [0.3, 0.4) is 0 Å². The van der Waals surface area contributed by atoms with E-state index in [0.717, 1.165) is 22.6 Å². The zero-order valence-corrected chi connectivity index (χ0v) is 17.5. The van der Waals surface area contributed by atoms with E-state index < -0.39 is 0 Å². The quantitative estimate of drug-likeness (QED) is 0.728. The summed E-state index contributed by atoms with van der Waals surface area (Å²) in [5.41, 5.74) is 2.29. The first-order chi connectivity index (χ1) is 14.6. The largest absolute Gasteiger partial charge is 0.352 e. The van der Waals surface area contributed by atoms with Gasteiger partial charge in [0.1, 0.15) is 4.88 Å². The number of hydrogen-bond acceptors (Lipinski definition) is 5. The van der Waals surface area contributed by atoms with Crippen LogP contribution in [0.1, 0.15) is 35.4 Å². The van der Waals surface area contributed by atoms with Crippen LogP contribution in [0.15, 0.2) is 60.5 Å². The molecule has 0 aromatic carbocycles. The number of carbonyl (C=O) groups is 2. The third-order valence-corrected chi connectivity index (χ3v) is 5.18. The topological polar surface area (TPSA) is 84.0 Å². The number of aromatic nitrogens is 2. The first-order valence-corrected chi connectivity index (χ1v) is 10.4. The Hall–Kier alpha value is -3.50. The molecule has 0 radical (unpaired) electrons. The Morgan fingerprint density at radius 3 is 2.97 bits per heavy atom. The number of aryl methyl sites for hydroxylation is 1. The van der Waals surface area contributed by atoms with Gasteiger partial charge < -0.3 is 10.6 Å². The zero-order chi connectivity index (χ0) is 21.2.